The van der Waals surface area contributed by atoms with Crippen molar-refractivity contribution in [3.63, 3.8) is 0 Å². The molecule has 0 atom stereocenters. The topological polar surface area (TPSA) is 84.5 Å². The minimum absolute atomic E-state index is 0.165. The van der Waals surface area contributed by atoms with E-state index in [0.717, 1.165) is 33.1 Å². The van der Waals surface area contributed by atoms with Gasteiger partial charge >= 0.3 is 0 Å². The van der Waals surface area contributed by atoms with Crippen molar-refractivity contribution >= 4 is 32.8 Å². The van der Waals surface area contributed by atoms with Crippen molar-refractivity contribution in [3.8, 4) is 23.0 Å². The third-order valence-electron chi connectivity index (χ3n) is 6.58. The van der Waals surface area contributed by atoms with Crippen LogP contribution in [0.15, 0.2) is 96.1 Å². The Morgan fingerprint density at radius 3 is 2.42 bits per heavy atom. The summed E-state index contributed by atoms with van der Waals surface area (Å²) >= 11 is 0. The van der Waals surface area contributed by atoms with Crippen molar-refractivity contribution in [1.82, 2.24) is 19.5 Å². The van der Waals surface area contributed by atoms with E-state index in [9.17, 15) is 10.1 Å². The third-order valence-corrected chi connectivity index (χ3v) is 6.58. The SMILES string of the molecule is CC(C)(C#N)c1ccc(-n2c(=O)ccc3cnc4ccc(-c5cnc6ccccc6c5)nc4c32)cc1. The van der Waals surface area contributed by atoms with Gasteiger partial charge in [-0.2, -0.15) is 5.26 Å². The second kappa shape index (κ2) is 8.10. The number of aromatic nitrogens is 4. The van der Waals surface area contributed by atoms with Gasteiger partial charge in [-0.1, -0.05) is 30.3 Å². The zero-order valence-electron chi connectivity index (χ0n) is 19.8. The fraction of sp³-hybridized carbons (Fsp3) is 0.100. The molecule has 0 aliphatic rings. The third kappa shape index (κ3) is 3.50. The first-order chi connectivity index (χ1) is 17.4. The van der Waals surface area contributed by atoms with Crippen molar-refractivity contribution < 1.29 is 0 Å². The Labute approximate surface area is 207 Å². The highest BCUT2D eigenvalue weighted by Crippen LogP contribution is 2.29. The van der Waals surface area contributed by atoms with E-state index < -0.39 is 5.41 Å². The van der Waals surface area contributed by atoms with Gasteiger partial charge in [0.05, 0.1) is 33.7 Å². The predicted octanol–water partition coefficient (Wildman–Crippen LogP) is 5.95. The van der Waals surface area contributed by atoms with E-state index in [-0.39, 0.29) is 5.56 Å². The van der Waals surface area contributed by atoms with E-state index in [1.54, 1.807) is 22.9 Å². The first kappa shape index (κ1) is 21.6. The molecule has 0 fully saturated rings. The minimum atomic E-state index is -0.622. The summed E-state index contributed by atoms with van der Waals surface area (Å²) in [6, 6.07) is 27.1. The molecule has 0 radical (unpaired) electrons. The molecule has 0 saturated carbocycles. The second-order valence-corrected chi connectivity index (χ2v) is 9.33. The Bertz CT molecular complexity index is 1900. The lowest BCUT2D eigenvalue weighted by Gasteiger charge is -2.17. The standard InChI is InChI=1S/C30H21N5O/c1-30(2,18-31)22-8-10-23(11-9-22)35-27(36)14-7-20-16-33-26-13-12-25(34-28(26)29(20)35)21-15-19-5-3-4-6-24(19)32-17-21/h3-17H,1-2H3. The van der Waals surface area contributed by atoms with Gasteiger partial charge in [-0.15, -0.1) is 0 Å². The molecule has 0 N–H and O–H groups in total. The minimum Gasteiger partial charge on any atom is -0.275 e. The number of benzene rings is 2. The van der Waals surface area contributed by atoms with E-state index in [1.807, 2.05) is 80.7 Å². The molecule has 0 spiro atoms. The molecule has 0 bridgehead atoms. The molecule has 4 heterocycles. The van der Waals surface area contributed by atoms with Crippen LogP contribution in [0.2, 0.25) is 0 Å². The summed E-state index contributed by atoms with van der Waals surface area (Å²) in [4.78, 5) is 27.3. The average Bonchev–Trinajstić information content (AvgIpc) is 2.92. The lowest BCUT2D eigenvalue weighted by atomic mass is 9.86. The van der Waals surface area contributed by atoms with Gasteiger partial charge in [0.25, 0.3) is 5.56 Å². The summed E-state index contributed by atoms with van der Waals surface area (Å²) in [5.74, 6) is 0. The Hall–Kier alpha value is -4.89. The van der Waals surface area contributed by atoms with Gasteiger partial charge < -0.3 is 0 Å². The van der Waals surface area contributed by atoms with Gasteiger partial charge in [0.15, 0.2) is 0 Å². The van der Waals surface area contributed by atoms with Crippen LogP contribution < -0.4 is 5.56 Å². The molecule has 4 aromatic heterocycles. The van der Waals surface area contributed by atoms with Crippen molar-refractivity contribution in [2.45, 2.75) is 19.3 Å². The molecule has 0 aliphatic heterocycles. The Balaban J connectivity index is 1.59. The van der Waals surface area contributed by atoms with Crippen LogP contribution in [0, 0.1) is 11.3 Å². The molecule has 6 heteroatoms. The molecule has 0 aliphatic carbocycles. The fourth-order valence-electron chi connectivity index (χ4n) is 4.49. The van der Waals surface area contributed by atoms with Crippen LogP contribution in [-0.2, 0) is 5.41 Å². The number of nitrogens with zero attached hydrogens (tertiary/aromatic N) is 5. The van der Waals surface area contributed by atoms with Crippen molar-refractivity contribution in [3.05, 3.63) is 107 Å². The molecule has 6 rings (SSSR count). The lowest BCUT2D eigenvalue weighted by Crippen LogP contribution is -2.19. The van der Waals surface area contributed by atoms with E-state index in [1.165, 1.54) is 0 Å². The molecule has 6 nitrogen and oxygen atoms in total. The normalized spacial score (nSPS) is 11.7. The van der Waals surface area contributed by atoms with Crippen LogP contribution in [0.3, 0.4) is 0 Å². The number of hydrogen-bond donors (Lipinski definition) is 0. The van der Waals surface area contributed by atoms with Crippen LogP contribution in [0.4, 0.5) is 0 Å². The zero-order chi connectivity index (χ0) is 24.9. The highest BCUT2D eigenvalue weighted by molar-refractivity contribution is 6.02. The van der Waals surface area contributed by atoms with Crippen LogP contribution in [-0.4, -0.2) is 19.5 Å². The first-order valence-corrected chi connectivity index (χ1v) is 11.6. The summed E-state index contributed by atoms with van der Waals surface area (Å²) in [6.07, 6.45) is 3.58. The molecule has 0 saturated heterocycles. The quantitative estimate of drug-likeness (QED) is 0.300. The Morgan fingerprint density at radius 2 is 1.61 bits per heavy atom. The Kier molecular flexibility index (Phi) is 4.87. The van der Waals surface area contributed by atoms with Crippen LogP contribution >= 0.6 is 0 Å². The second-order valence-electron chi connectivity index (χ2n) is 9.33. The largest absolute Gasteiger partial charge is 0.275 e. The van der Waals surface area contributed by atoms with E-state index in [4.69, 9.17) is 4.98 Å². The maximum absolute atomic E-state index is 13.2. The molecule has 2 aromatic carbocycles. The van der Waals surface area contributed by atoms with Gasteiger partial charge in [-0.3, -0.25) is 19.3 Å². The van der Waals surface area contributed by atoms with Crippen LogP contribution in [0.5, 0.6) is 0 Å². The van der Waals surface area contributed by atoms with E-state index in [2.05, 4.69) is 22.1 Å². The number of para-hydroxylation sites is 1. The highest BCUT2D eigenvalue weighted by atomic mass is 16.1. The summed E-state index contributed by atoms with van der Waals surface area (Å²) < 4.78 is 1.66. The number of nitriles is 1. The smallest absolute Gasteiger partial charge is 0.255 e. The molecular formula is C30H21N5O. The van der Waals surface area contributed by atoms with Crippen LogP contribution in [0.25, 0.3) is 49.8 Å². The fourth-order valence-corrected chi connectivity index (χ4v) is 4.49. The number of rotatable bonds is 3. The molecule has 6 aromatic rings. The summed E-state index contributed by atoms with van der Waals surface area (Å²) in [7, 11) is 0. The van der Waals surface area contributed by atoms with E-state index >= 15 is 0 Å². The Morgan fingerprint density at radius 1 is 0.833 bits per heavy atom. The number of fused-ring (bicyclic) bond motifs is 4. The zero-order valence-corrected chi connectivity index (χ0v) is 19.8. The van der Waals surface area contributed by atoms with Gasteiger partial charge in [0.1, 0.15) is 5.52 Å². The molecular weight excluding hydrogens is 446 g/mol. The maximum atomic E-state index is 13.2. The molecule has 172 valence electrons. The van der Waals surface area contributed by atoms with E-state index in [0.29, 0.717) is 22.2 Å². The van der Waals surface area contributed by atoms with Crippen molar-refractivity contribution in [1.29, 1.82) is 5.26 Å². The summed E-state index contributed by atoms with van der Waals surface area (Å²) in [6.45, 7) is 3.75. The van der Waals surface area contributed by atoms with Gasteiger partial charge in [-0.05, 0) is 61.9 Å². The van der Waals surface area contributed by atoms with Crippen LogP contribution in [0.1, 0.15) is 19.4 Å². The van der Waals surface area contributed by atoms with Crippen molar-refractivity contribution in [2.24, 2.45) is 0 Å². The maximum Gasteiger partial charge on any atom is 0.255 e. The lowest BCUT2D eigenvalue weighted by molar-refractivity contribution is 0.686. The number of hydrogen-bond acceptors (Lipinski definition) is 5. The molecule has 36 heavy (non-hydrogen) atoms. The monoisotopic (exact) mass is 467 g/mol. The van der Waals surface area contributed by atoms with Crippen molar-refractivity contribution in [2.75, 3.05) is 0 Å². The average molecular weight is 468 g/mol. The van der Waals surface area contributed by atoms with Gasteiger partial charge in [0.2, 0.25) is 0 Å². The van der Waals surface area contributed by atoms with Gasteiger partial charge in [0, 0.05) is 40.5 Å². The highest BCUT2D eigenvalue weighted by Gasteiger charge is 2.20. The predicted molar refractivity (Wildman–Crippen MR) is 142 cm³/mol. The summed E-state index contributed by atoms with van der Waals surface area (Å²) in [5, 5.41) is 11.3. The first-order valence-electron chi connectivity index (χ1n) is 11.6. The molecule has 0 unspecified atom stereocenters. The molecule has 0 amide bonds. The summed E-state index contributed by atoms with van der Waals surface area (Å²) in [5.41, 5.74) is 5.39. The van der Waals surface area contributed by atoms with Gasteiger partial charge in [-0.25, -0.2) is 4.98 Å². The number of pyridine rings is 4.